The number of allylic oxidation sites excluding steroid dienone is 1. The van der Waals surface area contributed by atoms with Gasteiger partial charge in [0.1, 0.15) is 5.82 Å². The van der Waals surface area contributed by atoms with Crippen molar-refractivity contribution in [2.45, 2.75) is 13.0 Å². The van der Waals surface area contributed by atoms with Gasteiger partial charge in [0, 0.05) is 25.0 Å². The summed E-state index contributed by atoms with van der Waals surface area (Å²) in [6.45, 7) is 2.15. The van der Waals surface area contributed by atoms with Gasteiger partial charge in [-0.3, -0.25) is 4.98 Å². The first-order chi connectivity index (χ1) is 12.1. The topological polar surface area (TPSA) is 78.9 Å². The van der Waals surface area contributed by atoms with Gasteiger partial charge >= 0.3 is 0 Å². The normalized spacial score (nSPS) is 12.8. The molecule has 3 N–H and O–H groups in total. The minimum atomic E-state index is 0.192. The lowest BCUT2D eigenvalue weighted by Gasteiger charge is -2.26. The van der Waals surface area contributed by atoms with Gasteiger partial charge < -0.3 is 16.0 Å². The maximum Gasteiger partial charge on any atom is 0.148 e. The molecule has 0 saturated heterocycles. The molecule has 25 heavy (non-hydrogen) atoms. The predicted octanol–water partition coefficient (Wildman–Crippen LogP) is 3.78. The Hall–Kier alpha value is -3.21. The van der Waals surface area contributed by atoms with E-state index in [0.29, 0.717) is 5.57 Å². The van der Waals surface area contributed by atoms with E-state index in [4.69, 9.17) is 16.1 Å². The maximum atomic E-state index is 7.41. The summed E-state index contributed by atoms with van der Waals surface area (Å²) in [5.74, 6) is 0.818. The second-order valence-corrected chi connectivity index (χ2v) is 5.90. The Labute approximate surface area is 147 Å². The van der Waals surface area contributed by atoms with Gasteiger partial charge in [-0.25, -0.2) is 4.98 Å². The number of nitrogens with one attached hydrogen (secondary N) is 1. The molecule has 0 aliphatic rings. The zero-order chi connectivity index (χ0) is 17.8. The van der Waals surface area contributed by atoms with Gasteiger partial charge in [0.15, 0.2) is 0 Å². The van der Waals surface area contributed by atoms with E-state index in [1.54, 1.807) is 6.20 Å². The van der Waals surface area contributed by atoms with E-state index in [2.05, 4.69) is 28.9 Å². The fraction of sp³-hybridized carbons (Fsp3) is 0.150. The number of hydrogen-bond acceptors (Lipinski definition) is 5. The quantitative estimate of drug-likeness (QED) is 0.697. The van der Waals surface area contributed by atoms with Crippen LogP contribution in [0.5, 0.6) is 0 Å². The van der Waals surface area contributed by atoms with Crippen LogP contribution in [0.1, 0.15) is 24.1 Å². The Bertz CT molecular complexity index is 918. The van der Waals surface area contributed by atoms with Crippen molar-refractivity contribution in [1.29, 1.82) is 5.41 Å². The van der Waals surface area contributed by atoms with Crippen LogP contribution in [0.2, 0.25) is 0 Å². The molecule has 0 saturated carbocycles. The average Bonchev–Trinajstić information content (AvgIpc) is 2.68. The van der Waals surface area contributed by atoms with Gasteiger partial charge in [-0.2, -0.15) is 0 Å². The van der Waals surface area contributed by atoms with Crippen molar-refractivity contribution in [1.82, 2.24) is 9.97 Å². The summed E-state index contributed by atoms with van der Waals surface area (Å²) >= 11 is 0. The molecule has 3 aromatic rings. The predicted molar refractivity (Wildman–Crippen MR) is 104 cm³/mol. The largest absolute Gasteiger partial charge is 0.404 e. The van der Waals surface area contributed by atoms with Crippen LogP contribution in [-0.2, 0) is 0 Å². The molecule has 0 radical (unpaired) electrons. The molecule has 0 aliphatic carbocycles. The number of nitrogens with zero attached hydrogens (tertiary/aromatic N) is 3. The highest BCUT2D eigenvalue weighted by atomic mass is 15.2. The average molecular weight is 331 g/mol. The molecule has 0 fully saturated rings. The second-order valence-electron chi connectivity index (χ2n) is 5.90. The number of benzene rings is 2. The van der Waals surface area contributed by atoms with Crippen LogP contribution in [0.25, 0.3) is 16.6 Å². The van der Waals surface area contributed by atoms with Crippen LogP contribution < -0.4 is 10.6 Å². The number of nitrogens with two attached hydrogens (primary N) is 1. The van der Waals surface area contributed by atoms with Crippen LogP contribution in [-0.4, -0.2) is 23.2 Å². The Morgan fingerprint density at radius 2 is 1.92 bits per heavy atom. The second kappa shape index (κ2) is 7.13. The highest BCUT2D eigenvalue weighted by Crippen LogP contribution is 2.25. The minimum absolute atomic E-state index is 0.192. The van der Waals surface area contributed by atoms with Gasteiger partial charge in [0.25, 0.3) is 0 Å². The Morgan fingerprint density at radius 1 is 1.16 bits per heavy atom. The van der Waals surface area contributed by atoms with Gasteiger partial charge in [-0.15, -0.1) is 0 Å². The minimum Gasteiger partial charge on any atom is -0.404 e. The van der Waals surface area contributed by atoms with Crippen molar-refractivity contribution in [3.05, 3.63) is 72.1 Å². The zero-order valence-electron chi connectivity index (χ0n) is 14.3. The van der Waals surface area contributed by atoms with E-state index >= 15 is 0 Å². The van der Waals surface area contributed by atoms with Crippen LogP contribution in [0, 0.1) is 5.41 Å². The molecule has 0 bridgehead atoms. The number of aromatic nitrogens is 2. The van der Waals surface area contributed by atoms with Gasteiger partial charge in [0.2, 0.25) is 0 Å². The number of rotatable bonds is 5. The molecule has 3 rings (SSSR count). The number of fused-ring (bicyclic) bond motifs is 1. The van der Waals surface area contributed by atoms with Crippen molar-refractivity contribution in [3.63, 3.8) is 0 Å². The monoisotopic (exact) mass is 331 g/mol. The summed E-state index contributed by atoms with van der Waals surface area (Å²) < 4.78 is 0. The lowest BCUT2D eigenvalue weighted by molar-refractivity contribution is 0.728. The standard InChI is InChI=1S/C20H21N5/c1-14(15-6-4-3-5-7-15)25(2)20-13-23-19-10-16(17(11-21)12-22)8-9-18(19)24-20/h3-14,21H,22H2,1-2H3/b17-12+,21-11?/t14-/m1/s1. The molecule has 0 aliphatic heterocycles. The SMILES string of the molecule is C[C@H](c1ccccc1)N(C)c1cnc2cc(/C(C=N)=C/N)ccc2n1. The van der Waals surface area contributed by atoms with E-state index in [-0.39, 0.29) is 6.04 Å². The van der Waals surface area contributed by atoms with Crippen molar-refractivity contribution < 1.29 is 0 Å². The summed E-state index contributed by atoms with van der Waals surface area (Å²) in [5, 5.41) is 7.41. The lowest BCUT2D eigenvalue weighted by Crippen LogP contribution is -2.22. The Balaban J connectivity index is 1.93. The number of hydrogen-bond donors (Lipinski definition) is 2. The molecule has 2 aromatic carbocycles. The van der Waals surface area contributed by atoms with E-state index in [1.807, 2.05) is 43.4 Å². The maximum absolute atomic E-state index is 7.41. The van der Waals surface area contributed by atoms with E-state index in [1.165, 1.54) is 18.0 Å². The highest BCUT2D eigenvalue weighted by molar-refractivity contribution is 6.08. The first-order valence-corrected chi connectivity index (χ1v) is 8.11. The molecule has 0 spiro atoms. The zero-order valence-corrected chi connectivity index (χ0v) is 14.3. The molecule has 1 aromatic heterocycles. The van der Waals surface area contributed by atoms with Crippen LogP contribution in [0.4, 0.5) is 5.82 Å². The first kappa shape index (κ1) is 16.6. The molecule has 1 heterocycles. The fourth-order valence-corrected chi connectivity index (χ4v) is 2.73. The van der Waals surface area contributed by atoms with Gasteiger partial charge in [-0.05, 0) is 30.2 Å². The van der Waals surface area contributed by atoms with Gasteiger partial charge in [0.05, 0.1) is 23.3 Å². The molecular formula is C20H21N5. The summed E-state index contributed by atoms with van der Waals surface area (Å²) in [4.78, 5) is 11.4. The first-order valence-electron chi connectivity index (χ1n) is 8.11. The molecule has 1 atom stereocenters. The van der Waals surface area contributed by atoms with Crippen molar-refractivity contribution in [3.8, 4) is 0 Å². The third-order valence-electron chi connectivity index (χ3n) is 4.42. The summed E-state index contributed by atoms with van der Waals surface area (Å²) in [6, 6.07) is 16.2. The molecule has 0 amide bonds. The molecule has 5 nitrogen and oxygen atoms in total. The molecule has 0 unspecified atom stereocenters. The lowest BCUT2D eigenvalue weighted by atomic mass is 10.1. The number of anilines is 1. The van der Waals surface area contributed by atoms with Crippen LogP contribution in [0.3, 0.4) is 0 Å². The third kappa shape index (κ3) is 3.35. The fourth-order valence-electron chi connectivity index (χ4n) is 2.73. The Kier molecular flexibility index (Phi) is 4.75. The summed E-state index contributed by atoms with van der Waals surface area (Å²) in [5.41, 5.74) is 9.89. The third-order valence-corrected chi connectivity index (χ3v) is 4.42. The van der Waals surface area contributed by atoms with E-state index in [0.717, 1.165) is 22.4 Å². The Morgan fingerprint density at radius 3 is 2.60 bits per heavy atom. The van der Waals surface area contributed by atoms with E-state index < -0.39 is 0 Å². The molecule has 126 valence electrons. The van der Waals surface area contributed by atoms with Crippen molar-refractivity contribution in [2.75, 3.05) is 11.9 Å². The summed E-state index contributed by atoms with van der Waals surface area (Å²) in [7, 11) is 2.02. The van der Waals surface area contributed by atoms with Crippen molar-refractivity contribution >= 4 is 28.6 Å². The highest BCUT2D eigenvalue weighted by Gasteiger charge is 2.14. The van der Waals surface area contributed by atoms with Crippen molar-refractivity contribution in [2.24, 2.45) is 5.73 Å². The molecule has 5 heteroatoms. The molecular weight excluding hydrogens is 310 g/mol. The smallest absolute Gasteiger partial charge is 0.148 e. The van der Waals surface area contributed by atoms with Gasteiger partial charge in [-0.1, -0.05) is 36.4 Å². The van der Waals surface area contributed by atoms with Crippen LogP contribution >= 0.6 is 0 Å². The van der Waals surface area contributed by atoms with E-state index in [9.17, 15) is 0 Å². The summed E-state index contributed by atoms with van der Waals surface area (Å²) in [6.07, 6.45) is 4.44. The van der Waals surface area contributed by atoms with Crippen LogP contribution in [0.15, 0.2) is 60.9 Å².